The lowest BCUT2D eigenvalue weighted by atomic mass is 10.0. The van der Waals surface area contributed by atoms with E-state index < -0.39 is 0 Å². The lowest BCUT2D eigenvalue weighted by molar-refractivity contribution is 0.281. The molecule has 2 heterocycles. The van der Waals surface area contributed by atoms with E-state index in [1.807, 2.05) is 29.2 Å². The maximum Gasteiger partial charge on any atom is 0.0712 e. The minimum atomic E-state index is 0.0215. The third kappa shape index (κ3) is 2.62. The first-order valence-corrected chi connectivity index (χ1v) is 7.47. The van der Waals surface area contributed by atoms with Gasteiger partial charge in [-0.3, -0.25) is 9.78 Å². The molecule has 2 aromatic carbocycles. The average molecular weight is 304 g/mol. The van der Waals surface area contributed by atoms with E-state index in [1.54, 1.807) is 6.20 Å². The minimum Gasteiger partial charge on any atom is -0.392 e. The number of hydrogen-bond donors (Lipinski definition) is 2. The molecular formula is C18H16N4O. The van der Waals surface area contributed by atoms with Crippen LogP contribution < -0.4 is 0 Å². The molecule has 4 rings (SSSR count). The van der Waals surface area contributed by atoms with Gasteiger partial charge in [0.05, 0.1) is 31.1 Å². The molecule has 2 aromatic heterocycles. The number of nitrogens with one attached hydrogen (secondary N) is 1. The van der Waals surface area contributed by atoms with Crippen LogP contribution in [-0.4, -0.2) is 25.1 Å². The Kier molecular flexibility index (Phi) is 3.40. The van der Waals surface area contributed by atoms with Crippen LogP contribution >= 0.6 is 0 Å². The van der Waals surface area contributed by atoms with E-state index in [9.17, 15) is 0 Å². The molecular weight excluding hydrogens is 288 g/mol. The average Bonchev–Trinajstić information content (AvgIpc) is 3.24. The molecule has 0 atom stereocenters. The number of nitrogens with zero attached hydrogens (tertiary/aromatic N) is 3. The van der Waals surface area contributed by atoms with Gasteiger partial charge in [-0.25, -0.2) is 0 Å². The Morgan fingerprint density at radius 3 is 2.65 bits per heavy atom. The number of aromatic amines is 1. The summed E-state index contributed by atoms with van der Waals surface area (Å²) in [7, 11) is 0. The van der Waals surface area contributed by atoms with Gasteiger partial charge < -0.3 is 5.11 Å². The highest BCUT2D eigenvalue weighted by atomic mass is 16.3. The monoisotopic (exact) mass is 304 g/mol. The van der Waals surface area contributed by atoms with E-state index in [0.29, 0.717) is 6.54 Å². The molecule has 23 heavy (non-hydrogen) atoms. The van der Waals surface area contributed by atoms with E-state index >= 15 is 0 Å². The van der Waals surface area contributed by atoms with Gasteiger partial charge in [-0.15, -0.1) is 0 Å². The molecule has 0 saturated carbocycles. The van der Waals surface area contributed by atoms with Crippen LogP contribution in [0.25, 0.3) is 22.0 Å². The largest absolute Gasteiger partial charge is 0.392 e. The fraction of sp³-hybridized carbons (Fsp3) is 0.111. The minimum absolute atomic E-state index is 0.0215. The summed E-state index contributed by atoms with van der Waals surface area (Å²) >= 11 is 0. The molecule has 5 nitrogen and oxygen atoms in total. The second-order valence-electron chi connectivity index (χ2n) is 5.54. The number of aromatic nitrogens is 4. The summed E-state index contributed by atoms with van der Waals surface area (Å²) in [6.45, 7) is 0.712. The third-order valence-electron chi connectivity index (χ3n) is 3.96. The first kappa shape index (κ1) is 13.7. The number of hydrogen-bond acceptors (Lipinski definition) is 3. The van der Waals surface area contributed by atoms with Crippen molar-refractivity contribution in [2.45, 2.75) is 13.2 Å². The van der Waals surface area contributed by atoms with Gasteiger partial charge in [0.1, 0.15) is 0 Å². The number of rotatable bonds is 4. The summed E-state index contributed by atoms with van der Waals surface area (Å²) in [5.74, 6) is 0. The van der Waals surface area contributed by atoms with E-state index in [4.69, 9.17) is 5.11 Å². The van der Waals surface area contributed by atoms with Crippen molar-refractivity contribution in [1.29, 1.82) is 0 Å². The molecule has 2 N–H and O–H groups in total. The van der Waals surface area contributed by atoms with Crippen molar-refractivity contribution in [1.82, 2.24) is 20.0 Å². The summed E-state index contributed by atoms with van der Waals surface area (Å²) < 4.78 is 1.83. The Morgan fingerprint density at radius 1 is 1.00 bits per heavy atom. The van der Waals surface area contributed by atoms with E-state index in [2.05, 4.69) is 45.6 Å². The van der Waals surface area contributed by atoms with Gasteiger partial charge in [0.15, 0.2) is 0 Å². The van der Waals surface area contributed by atoms with Gasteiger partial charge in [0.2, 0.25) is 0 Å². The first-order chi connectivity index (χ1) is 11.3. The van der Waals surface area contributed by atoms with Crippen molar-refractivity contribution >= 4 is 10.9 Å². The molecule has 0 aliphatic carbocycles. The Hall–Kier alpha value is -2.92. The van der Waals surface area contributed by atoms with Crippen LogP contribution in [0.4, 0.5) is 0 Å². The number of aliphatic hydroxyl groups is 1. The predicted molar refractivity (Wildman–Crippen MR) is 88.8 cm³/mol. The lowest BCUT2D eigenvalue weighted by Crippen LogP contribution is -1.99. The Bertz CT molecular complexity index is 937. The predicted octanol–water partition coefficient (Wildman–Crippen LogP) is 2.97. The van der Waals surface area contributed by atoms with Gasteiger partial charge in [-0.05, 0) is 22.8 Å². The van der Waals surface area contributed by atoms with Crippen LogP contribution in [0.3, 0.4) is 0 Å². The number of fused-ring (bicyclic) bond motifs is 1. The number of aliphatic hydroxyl groups excluding tert-OH is 1. The Balaban J connectivity index is 1.61. The topological polar surface area (TPSA) is 66.7 Å². The lowest BCUT2D eigenvalue weighted by Gasteiger charge is -2.06. The third-order valence-corrected chi connectivity index (χ3v) is 3.96. The summed E-state index contributed by atoms with van der Waals surface area (Å²) in [5, 5.41) is 21.6. The zero-order valence-corrected chi connectivity index (χ0v) is 12.5. The van der Waals surface area contributed by atoms with E-state index in [-0.39, 0.29) is 6.61 Å². The van der Waals surface area contributed by atoms with E-state index in [1.165, 1.54) is 11.1 Å². The smallest absolute Gasteiger partial charge is 0.0712 e. The van der Waals surface area contributed by atoms with Gasteiger partial charge in [-0.1, -0.05) is 36.4 Å². The highest BCUT2D eigenvalue weighted by Gasteiger charge is 2.05. The van der Waals surface area contributed by atoms with Gasteiger partial charge >= 0.3 is 0 Å². The molecule has 0 unspecified atom stereocenters. The maximum absolute atomic E-state index is 9.09. The zero-order chi connectivity index (χ0) is 15.6. The molecule has 0 amide bonds. The van der Waals surface area contributed by atoms with Crippen molar-refractivity contribution in [3.8, 4) is 11.1 Å². The molecule has 4 aromatic rings. The fourth-order valence-electron chi connectivity index (χ4n) is 2.77. The maximum atomic E-state index is 9.09. The molecule has 0 bridgehead atoms. The van der Waals surface area contributed by atoms with Crippen LogP contribution in [0.1, 0.15) is 11.1 Å². The molecule has 0 saturated heterocycles. The molecule has 5 heteroatoms. The number of H-pyrrole nitrogens is 1. The Morgan fingerprint density at radius 2 is 1.87 bits per heavy atom. The van der Waals surface area contributed by atoms with Crippen LogP contribution in [-0.2, 0) is 13.2 Å². The van der Waals surface area contributed by atoms with Crippen molar-refractivity contribution in [3.05, 3.63) is 72.2 Å². The highest BCUT2D eigenvalue weighted by molar-refractivity contribution is 5.94. The standard InChI is InChI=1S/C18H16N4O/c23-12-14-8-20-22(11-14)10-13-4-6-15(7-5-13)16-2-1-3-18-17(16)9-19-21-18/h1-9,11,23H,10,12H2,(H,19,21). The van der Waals surface area contributed by atoms with E-state index in [0.717, 1.165) is 22.0 Å². The molecule has 0 radical (unpaired) electrons. The first-order valence-electron chi connectivity index (χ1n) is 7.47. The van der Waals surface area contributed by atoms with Crippen LogP contribution in [0.2, 0.25) is 0 Å². The normalized spacial score (nSPS) is 11.2. The van der Waals surface area contributed by atoms with Crippen molar-refractivity contribution < 1.29 is 5.11 Å². The van der Waals surface area contributed by atoms with Crippen LogP contribution in [0.5, 0.6) is 0 Å². The quantitative estimate of drug-likeness (QED) is 0.609. The summed E-state index contributed by atoms with van der Waals surface area (Å²) in [5.41, 5.74) is 5.37. The summed E-state index contributed by atoms with van der Waals surface area (Å²) in [4.78, 5) is 0. The van der Waals surface area contributed by atoms with Crippen molar-refractivity contribution in [2.24, 2.45) is 0 Å². The van der Waals surface area contributed by atoms with Crippen LogP contribution in [0.15, 0.2) is 61.1 Å². The molecule has 114 valence electrons. The summed E-state index contributed by atoms with van der Waals surface area (Å²) in [6.07, 6.45) is 5.41. The van der Waals surface area contributed by atoms with Crippen molar-refractivity contribution in [3.63, 3.8) is 0 Å². The number of benzene rings is 2. The molecule has 0 fully saturated rings. The van der Waals surface area contributed by atoms with Gasteiger partial charge in [-0.2, -0.15) is 10.2 Å². The molecule has 0 spiro atoms. The highest BCUT2D eigenvalue weighted by Crippen LogP contribution is 2.27. The molecule has 0 aliphatic heterocycles. The van der Waals surface area contributed by atoms with Gasteiger partial charge in [0.25, 0.3) is 0 Å². The fourth-order valence-corrected chi connectivity index (χ4v) is 2.77. The second-order valence-corrected chi connectivity index (χ2v) is 5.54. The van der Waals surface area contributed by atoms with Crippen LogP contribution in [0, 0.1) is 0 Å². The second kappa shape index (κ2) is 5.70. The Labute approximate surface area is 133 Å². The SMILES string of the molecule is OCc1cnn(Cc2ccc(-c3cccc4[nH]ncc34)cc2)c1. The zero-order valence-electron chi connectivity index (χ0n) is 12.5. The summed E-state index contributed by atoms with van der Waals surface area (Å²) in [6, 6.07) is 14.6. The molecule has 0 aliphatic rings. The van der Waals surface area contributed by atoms with Gasteiger partial charge in [0, 0.05) is 17.1 Å². The van der Waals surface area contributed by atoms with Crippen molar-refractivity contribution in [2.75, 3.05) is 0 Å².